The number of nitrogens with one attached hydrogen (secondary N) is 1. The summed E-state index contributed by atoms with van der Waals surface area (Å²) in [4.78, 5) is 3.14. The minimum Gasteiger partial charge on any atom is -0.356 e. The van der Waals surface area contributed by atoms with E-state index >= 15 is 0 Å². The lowest BCUT2D eigenvalue weighted by atomic mass is 10.4. The van der Waals surface area contributed by atoms with Crippen LogP contribution >= 0.6 is 23.4 Å². The number of halogens is 1. The predicted octanol–water partition coefficient (Wildman–Crippen LogP) is 3.13. The van der Waals surface area contributed by atoms with E-state index in [0.717, 1.165) is 18.1 Å². The van der Waals surface area contributed by atoms with Crippen molar-refractivity contribution in [3.05, 3.63) is 18.3 Å². The molecule has 0 unspecified atom stereocenters. The van der Waals surface area contributed by atoms with E-state index in [1.54, 1.807) is 0 Å². The maximum Gasteiger partial charge on any atom is 0.0721 e. The summed E-state index contributed by atoms with van der Waals surface area (Å²) < 4.78 is 0. The number of aromatic nitrogens is 1. The molecule has 11 heavy (non-hydrogen) atoms. The summed E-state index contributed by atoms with van der Waals surface area (Å²) in [5.74, 6) is 1.94. The Labute approximate surface area is 76.5 Å². The molecule has 0 saturated carbocycles. The van der Waals surface area contributed by atoms with E-state index in [1.807, 2.05) is 24.0 Å². The molecule has 1 rings (SSSR count). The van der Waals surface area contributed by atoms with Crippen LogP contribution in [-0.2, 0) is 0 Å². The SMILES string of the molecule is ClCCCCSc1ccc[nH]1. The molecule has 0 saturated heterocycles. The number of hydrogen-bond donors (Lipinski definition) is 1. The van der Waals surface area contributed by atoms with Gasteiger partial charge in [-0.3, -0.25) is 0 Å². The maximum absolute atomic E-state index is 5.55. The smallest absolute Gasteiger partial charge is 0.0721 e. The molecule has 0 aromatic carbocycles. The highest BCUT2D eigenvalue weighted by Gasteiger charge is 1.92. The van der Waals surface area contributed by atoms with Crippen molar-refractivity contribution < 1.29 is 0 Å². The van der Waals surface area contributed by atoms with Crippen molar-refractivity contribution in [3.63, 3.8) is 0 Å². The summed E-state index contributed by atoms with van der Waals surface area (Å²) in [7, 11) is 0. The first-order valence-electron chi connectivity index (χ1n) is 3.75. The second-order valence-corrected chi connectivity index (χ2v) is 3.79. The second-order valence-electron chi connectivity index (χ2n) is 2.28. The van der Waals surface area contributed by atoms with Gasteiger partial charge in [0.1, 0.15) is 0 Å². The van der Waals surface area contributed by atoms with Crippen LogP contribution in [0.3, 0.4) is 0 Å². The monoisotopic (exact) mass is 189 g/mol. The van der Waals surface area contributed by atoms with Gasteiger partial charge in [-0.25, -0.2) is 0 Å². The van der Waals surface area contributed by atoms with Gasteiger partial charge in [-0.2, -0.15) is 0 Å². The molecule has 1 N–H and O–H groups in total. The summed E-state index contributed by atoms with van der Waals surface area (Å²) in [6.07, 6.45) is 4.27. The molecule has 0 fully saturated rings. The zero-order valence-corrected chi connectivity index (χ0v) is 7.92. The lowest BCUT2D eigenvalue weighted by Gasteiger charge is -1.95. The fraction of sp³-hybridized carbons (Fsp3) is 0.500. The summed E-state index contributed by atoms with van der Waals surface area (Å²) in [5, 5.41) is 1.25. The first-order chi connectivity index (χ1) is 5.43. The van der Waals surface area contributed by atoms with Gasteiger partial charge in [0.2, 0.25) is 0 Å². The first kappa shape index (κ1) is 9.01. The molecule has 1 aromatic rings. The van der Waals surface area contributed by atoms with Crippen LogP contribution in [0.1, 0.15) is 12.8 Å². The Morgan fingerprint density at radius 2 is 2.36 bits per heavy atom. The molecule has 0 aliphatic rings. The molecular weight excluding hydrogens is 178 g/mol. The fourth-order valence-corrected chi connectivity index (χ4v) is 1.87. The van der Waals surface area contributed by atoms with Gasteiger partial charge in [-0.1, -0.05) is 0 Å². The van der Waals surface area contributed by atoms with E-state index in [1.165, 1.54) is 11.4 Å². The van der Waals surface area contributed by atoms with E-state index in [4.69, 9.17) is 11.6 Å². The average molecular weight is 190 g/mol. The quantitative estimate of drug-likeness (QED) is 0.428. The van der Waals surface area contributed by atoms with Gasteiger partial charge >= 0.3 is 0 Å². The molecule has 1 heterocycles. The molecule has 0 amide bonds. The third-order valence-corrected chi connectivity index (χ3v) is 2.68. The van der Waals surface area contributed by atoms with Gasteiger partial charge in [0.25, 0.3) is 0 Å². The average Bonchev–Trinajstić information content (AvgIpc) is 2.50. The van der Waals surface area contributed by atoms with E-state index in [2.05, 4.69) is 11.1 Å². The number of H-pyrrole nitrogens is 1. The zero-order chi connectivity index (χ0) is 7.94. The van der Waals surface area contributed by atoms with Crippen molar-refractivity contribution in [2.75, 3.05) is 11.6 Å². The van der Waals surface area contributed by atoms with Gasteiger partial charge in [-0.15, -0.1) is 23.4 Å². The molecule has 62 valence electrons. The van der Waals surface area contributed by atoms with Crippen molar-refractivity contribution in [2.45, 2.75) is 17.9 Å². The predicted molar refractivity (Wildman–Crippen MR) is 51.5 cm³/mol. The Morgan fingerprint density at radius 3 is 3.00 bits per heavy atom. The molecule has 0 bridgehead atoms. The van der Waals surface area contributed by atoms with Crippen LogP contribution < -0.4 is 0 Å². The third kappa shape index (κ3) is 3.73. The van der Waals surface area contributed by atoms with E-state index in [9.17, 15) is 0 Å². The lowest BCUT2D eigenvalue weighted by Crippen LogP contribution is -1.81. The second kappa shape index (κ2) is 5.56. The number of rotatable bonds is 5. The van der Waals surface area contributed by atoms with Gasteiger partial charge in [0, 0.05) is 12.1 Å². The molecule has 0 atom stereocenters. The molecule has 1 aromatic heterocycles. The Bertz CT molecular complexity index is 174. The van der Waals surface area contributed by atoms with Crippen LogP contribution in [0.15, 0.2) is 23.4 Å². The zero-order valence-electron chi connectivity index (χ0n) is 6.35. The minimum atomic E-state index is 0.783. The van der Waals surface area contributed by atoms with E-state index < -0.39 is 0 Å². The van der Waals surface area contributed by atoms with Crippen LogP contribution in [0.2, 0.25) is 0 Å². The number of hydrogen-bond acceptors (Lipinski definition) is 1. The first-order valence-corrected chi connectivity index (χ1v) is 5.27. The molecule has 3 heteroatoms. The number of unbranched alkanes of at least 4 members (excludes halogenated alkanes) is 1. The van der Waals surface area contributed by atoms with Crippen molar-refractivity contribution >= 4 is 23.4 Å². The van der Waals surface area contributed by atoms with Crippen LogP contribution in [0.5, 0.6) is 0 Å². The summed E-state index contributed by atoms with van der Waals surface area (Å²) in [6.45, 7) is 0. The van der Waals surface area contributed by atoms with E-state index in [0.29, 0.717) is 0 Å². The van der Waals surface area contributed by atoms with Crippen LogP contribution in [0.25, 0.3) is 0 Å². The number of alkyl halides is 1. The number of aromatic amines is 1. The summed E-state index contributed by atoms with van der Waals surface area (Å²) >= 11 is 7.40. The van der Waals surface area contributed by atoms with Crippen molar-refractivity contribution in [1.29, 1.82) is 0 Å². The van der Waals surface area contributed by atoms with Gasteiger partial charge in [-0.05, 0) is 30.7 Å². The number of thioether (sulfide) groups is 1. The molecule has 0 spiro atoms. The molecule has 0 radical (unpaired) electrons. The Hall–Kier alpha value is -0.0800. The highest BCUT2D eigenvalue weighted by molar-refractivity contribution is 7.99. The highest BCUT2D eigenvalue weighted by Crippen LogP contribution is 2.16. The summed E-state index contributed by atoms with van der Waals surface area (Å²) in [5.41, 5.74) is 0. The van der Waals surface area contributed by atoms with Gasteiger partial charge in [0.15, 0.2) is 0 Å². The molecular formula is C8H12ClNS. The maximum atomic E-state index is 5.55. The lowest BCUT2D eigenvalue weighted by molar-refractivity contribution is 0.901. The summed E-state index contributed by atoms with van der Waals surface area (Å²) in [6, 6.07) is 4.11. The van der Waals surface area contributed by atoms with Crippen molar-refractivity contribution in [1.82, 2.24) is 4.98 Å². The van der Waals surface area contributed by atoms with E-state index in [-0.39, 0.29) is 0 Å². The molecule has 1 nitrogen and oxygen atoms in total. The molecule has 0 aliphatic heterocycles. The minimum absolute atomic E-state index is 0.783. The standard InChI is InChI=1S/C8H12ClNS/c9-5-1-2-7-11-8-4-3-6-10-8/h3-4,6,10H,1-2,5,7H2. The Balaban J connectivity index is 2.04. The van der Waals surface area contributed by atoms with Gasteiger partial charge < -0.3 is 4.98 Å². The molecule has 0 aliphatic carbocycles. The normalized spacial score (nSPS) is 10.3. The Kier molecular flexibility index (Phi) is 4.55. The van der Waals surface area contributed by atoms with Gasteiger partial charge in [0.05, 0.1) is 5.03 Å². The third-order valence-electron chi connectivity index (χ3n) is 1.35. The van der Waals surface area contributed by atoms with Crippen LogP contribution in [-0.4, -0.2) is 16.6 Å². The van der Waals surface area contributed by atoms with Crippen molar-refractivity contribution in [2.24, 2.45) is 0 Å². The Morgan fingerprint density at radius 1 is 1.45 bits per heavy atom. The van der Waals surface area contributed by atoms with Crippen molar-refractivity contribution in [3.8, 4) is 0 Å². The largest absolute Gasteiger partial charge is 0.356 e. The fourth-order valence-electron chi connectivity index (χ4n) is 0.782. The highest BCUT2D eigenvalue weighted by atomic mass is 35.5. The van der Waals surface area contributed by atoms with Crippen LogP contribution in [0.4, 0.5) is 0 Å². The van der Waals surface area contributed by atoms with Crippen LogP contribution in [0, 0.1) is 0 Å². The topological polar surface area (TPSA) is 15.8 Å².